The minimum absolute atomic E-state index is 0.483. The fourth-order valence-electron chi connectivity index (χ4n) is 2.56. The minimum Gasteiger partial charge on any atom is -0.479 e. The molecule has 110 valence electrons. The lowest BCUT2D eigenvalue weighted by Crippen LogP contribution is -2.42. The van der Waals surface area contributed by atoms with Crippen LogP contribution in [-0.2, 0) is 14.3 Å². The first-order valence-corrected chi connectivity index (χ1v) is 7.12. The van der Waals surface area contributed by atoms with Gasteiger partial charge in [-0.25, -0.2) is 4.79 Å². The maximum Gasteiger partial charge on any atom is 0.338 e. The van der Waals surface area contributed by atoms with Crippen LogP contribution in [0.25, 0.3) is 0 Å². The summed E-state index contributed by atoms with van der Waals surface area (Å²) >= 11 is 6.19. The van der Waals surface area contributed by atoms with Crippen LogP contribution in [0.1, 0.15) is 45.3 Å². The summed E-state index contributed by atoms with van der Waals surface area (Å²) in [4.78, 5) is 11.7. The summed E-state index contributed by atoms with van der Waals surface area (Å²) in [5.74, 6) is -1.93. The van der Waals surface area contributed by atoms with Crippen molar-refractivity contribution < 1.29 is 19.4 Å². The summed E-state index contributed by atoms with van der Waals surface area (Å²) < 4.78 is 11.8. The molecule has 0 spiro atoms. The van der Waals surface area contributed by atoms with Crippen molar-refractivity contribution in [2.45, 2.75) is 51.1 Å². The maximum atomic E-state index is 11.7. The molecule has 1 aliphatic rings. The molecule has 0 bridgehead atoms. The van der Waals surface area contributed by atoms with Crippen molar-refractivity contribution in [2.24, 2.45) is 0 Å². The first-order valence-electron chi connectivity index (χ1n) is 6.74. The van der Waals surface area contributed by atoms with Gasteiger partial charge in [0.25, 0.3) is 0 Å². The molecule has 1 aromatic rings. The minimum atomic E-state index is -1.45. The summed E-state index contributed by atoms with van der Waals surface area (Å²) in [7, 11) is 0. The van der Waals surface area contributed by atoms with Gasteiger partial charge in [-0.15, -0.1) is 0 Å². The van der Waals surface area contributed by atoms with Crippen LogP contribution in [-0.4, -0.2) is 22.5 Å². The zero-order valence-electron chi connectivity index (χ0n) is 11.9. The average Bonchev–Trinajstić information content (AvgIpc) is 2.75. The molecular weight excluding hydrogens is 280 g/mol. The zero-order chi connectivity index (χ0) is 15.0. The third-order valence-electron chi connectivity index (χ3n) is 3.92. The standard InChI is InChI=1S/C15H19ClO4/c1-4-15(5-2)19-12(14(3,20-15)13(17)18)10-8-6-7-9-11(10)16/h6-9,12H,4-5H2,1-3H3,(H,17,18)/t12-,14+/m1/s1. The number of carboxylic acid groups (broad SMARTS) is 1. The van der Waals surface area contributed by atoms with Crippen molar-refractivity contribution in [3.05, 3.63) is 34.9 Å². The molecular formula is C15H19ClO4. The molecule has 0 saturated carbocycles. The van der Waals surface area contributed by atoms with Crippen molar-refractivity contribution in [3.63, 3.8) is 0 Å². The summed E-state index contributed by atoms with van der Waals surface area (Å²) in [6.45, 7) is 5.37. The highest BCUT2D eigenvalue weighted by Gasteiger charge is 2.58. The summed E-state index contributed by atoms with van der Waals surface area (Å²) in [5, 5.41) is 10.1. The van der Waals surface area contributed by atoms with Gasteiger partial charge < -0.3 is 14.6 Å². The van der Waals surface area contributed by atoms with Crippen LogP contribution >= 0.6 is 11.6 Å². The molecule has 4 nitrogen and oxygen atoms in total. The summed E-state index contributed by atoms with van der Waals surface area (Å²) in [6, 6.07) is 7.11. The molecule has 0 aliphatic carbocycles. The first-order chi connectivity index (χ1) is 9.38. The molecule has 0 aromatic heterocycles. The van der Waals surface area contributed by atoms with Gasteiger partial charge in [0.05, 0.1) is 0 Å². The van der Waals surface area contributed by atoms with Crippen molar-refractivity contribution in [1.82, 2.24) is 0 Å². The second-order valence-electron chi connectivity index (χ2n) is 5.15. The first kappa shape index (κ1) is 15.3. The van der Waals surface area contributed by atoms with E-state index >= 15 is 0 Å². The lowest BCUT2D eigenvalue weighted by Gasteiger charge is -2.26. The van der Waals surface area contributed by atoms with Crippen LogP contribution in [0.15, 0.2) is 24.3 Å². The number of benzene rings is 1. The number of aliphatic carboxylic acids is 1. The van der Waals surface area contributed by atoms with Gasteiger partial charge in [0.2, 0.25) is 0 Å². The van der Waals surface area contributed by atoms with E-state index in [-0.39, 0.29) is 0 Å². The number of halogens is 1. The zero-order valence-corrected chi connectivity index (χ0v) is 12.6. The van der Waals surface area contributed by atoms with Gasteiger partial charge in [-0.3, -0.25) is 0 Å². The summed E-state index contributed by atoms with van der Waals surface area (Å²) in [5.41, 5.74) is -0.806. The molecule has 0 amide bonds. The molecule has 1 N–H and O–H groups in total. The largest absolute Gasteiger partial charge is 0.479 e. The highest BCUT2D eigenvalue weighted by atomic mass is 35.5. The van der Waals surface area contributed by atoms with E-state index in [1.165, 1.54) is 6.92 Å². The van der Waals surface area contributed by atoms with Gasteiger partial charge in [0, 0.05) is 10.6 Å². The Morgan fingerprint density at radius 3 is 2.45 bits per heavy atom. The molecule has 1 aliphatic heterocycles. The van der Waals surface area contributed by atoms with E-state index in [1.54, 1.807) is 18.2 Å². The van der Waals surface area contributed by atoms with Crippen LogP contribution in [0, 0.1) is 0 Å². The smallest absolute Gasteiger partial charge is 0.338 e. The number of hydrogen-bond acceptors (Lipinski definition) is 3. The Morgan fingerprint density at radius 2 is 1.95 bits per heavy atom. The number of ether oxygens (including phenoxy) is 2. The van der Waals surface area contributed by atoms with E-state index in [0.29, 0.717) is 23.4 Å². The molecule has 5 heteroatoms. The Labute approximate surface area is 123 Å². The molecule has 0 radical (unpaired) electrons. The van der Waals surface area contributed by atoms with Gasteiger partial charge in [-0.2, -0.15) is 0 Å². The highest BCUT2D eigenvalue weighted by molar-refractivity contribution is 6.31. The topological polar surface area (TPSA) is 55.8 Å². The van der Waals surface area contributed by atoms with Crippen LogP contribution in [0.5, 0.6) is 0 Å². The number of hydrogen-bond donors (Lipinski definition) is 1. The fraction of sp³-hybridized carbons (Fsp3) is 0.533. The number of carboxylic acids is 1. The second kappa shape index (κ2) is 5.35. The van der Waals surface area contributed by atoms with Crippen molar-refractivity contribution in [1.29, 1.82) is 0 Å². The molecule has 1 saturated heterocycles. The molecule has 1 fully saturated rings. The van der Waals surface area contributed by atoms with Crippen molar-refractivity contribution >= 4 is 17.6 Å². The van der Waals surface area contributed by atoms with E-state index in [1.807, 2.05) is 19.9 Å². The predicted octanol–water partition coefficient (Wildman–Crippen LogP) is 3.79. The monoisotopic (exact) mass is 298 g/mol. The lowest BCUT2D eigenvalue weighted by atomic mass is 9.93. The van der Waals surface area contributed by atoms with Gasteiger partial charge in [-0.1, -0.05) is 43.6 Å². The van der Waals surface area contributed by atoms with E-state index in [4.69, 9.17) is 21.1 Å². The van der Waals surface area contributed by atoms with Crippen LogP contribution in [0.4, 0.5) is 0 Å². The molecule has 1 aromatic carbocycles. The van der Waals surface area contributed by atoms with Crippen LogP contribution in [0.3, 0.4) is 0 Å². The van der Waals surface area contributed by atoms with Gasteiger partial charge in [0.15, 0.2) is 11.4 Å². The molecule has 2 rings (SSSR count). The van der Waals surface area contributed by atoms with Gasteiger partial charge >= 0.3 is 5.97 Å². The quantitative estimate of drug-likeness (QED) is 0.919. The predicted molar refractivity (Wildman–Crippen MR) is 75.7 cm³/mol. The van der Waals surface area contributed by atoms with E-state index in [0.717, 1.165) is 0 Å². The Kier molecular flexibility index (Phi) is 4.09. The van der Waals surface area contributed by atoms with E-state index < -0.39 is 23.5 Å². The van der Waals surface area contributed by atoms with Crippen LogP contribution < -0.4 is 0 Å². The third kappa shape index (κ3) is 2.32. The number of rotatable bonds is 4. The van der Waals surface area contributed by atoms with Crippen molar-refractivity contribution in [2.75, 3.05) is 0 Å². The average molecular weight is 299 g/mol. The molecule has 0 unspecified atom stereocenters. The SMILES string of the molecule is CCC1(CC)O[C@H](c2ccccc2Cl)[C@@](C)(C(=O)O)O1. The molecule has 20 heavy (non-hydrogen) atoms. The Morgan fingerprint density at radius 1 is 1.35 bits per heavy atom. The highest BCUT2D eigenvalue weighted by Crippen LogP contribution is 2.49. The summed E-state index contributed by atoms with van der Waals surface area (Å²) in [6.07, 6.45) is 0.425. The van der Waals surface area contributed by atoms with Crippen molar-refractivity contribution in [3.8, 4) is 0 Å². The van der Waals surface area contributed by atoms with E-state index in [9.17, 15) is 9.90 Å². The van der Waals surface area contributed by atoms with Gasteiger partial charge in [-0.05, 0) is 25.8 Å². The third-order valence-corrected chi connectivity index (χ3v) is 4.26. The van der Waals surface area contributed by atoms with Gasteiger partial charge in [0.1, 0.15) is 6.10 Å². The normalized spacial score (nSPS) is 28.5. The Balaban J connectivity index is 2.50. The maximum absolute atomic E-state index is 11.7. The Hall–Kier alpha value is -1.10. The lowest BCUT2D eigenvalue weighted by molar-refractivity contribution is -0.200. The Bertz CT molecular complexity index is 512. The van der Waals surface area contributed by atoms with Crippen LogP contribution in [0.2, 0.25) is 5.02 Å². The van der Waals surface area contributed by atoms with E-state index in [2.05, 4.69) is 0 Å². The molecule has 2 atom stereocenters. The molecule has 1 heterocycles. The second-order valence-corrected chi connectivity index (χ2v) is 5.56. The fourth-order valence-corrected chi connectivity index (χ4v) is 2.79. The number of carbonyl (C=O) groups is 1.